The average Bonchev–Trinajstić information content (AvgIpc) is 2.91. The van der Waals surface area contributed by atoms with Crippen molar-refractivity contribution in [1.29, 1.82) is 0 Å². The van der Waals surface area contributed by atoms with Crippen molar-refractivity contribution in [3.63, 3.8) is 0 Å². The first-order valence-electron chi connectivity index (χ1n) is 6.89. The second-order valence-corrected chi connectivity index (χ2v) is 7.59. The number of aryl methyl sites for hydroxylation is 1. The summed E-state index contributed by atoms with van der Waals surface area (Å²) in [4.78, 5) is 16.0. The Kier molecular flexibility index (Phi) is 5.79. The highest BCUT2D eigenvalue weighted by molar-refractivity contribution is 8.01. The van der Waals surface area contributed by atoms with Gasteiger partial charge in [0.2, 0.25) is 5.91 Å². The number of hydrogen-bond acceptors (Lipinski definition) is 6. The normalized spacial score (nSPS) is 10.5. The Morgan fingerprint density at radius 3 is 2.41 bits per heavy atom. The number of thioether (sulfide) groups is 1. The van der Waals surface area contributed by atoms with E-state index in [1.807, 2.05) is 28.1 Å². The minimum atomic E-state index is 0.0922. The molecular formula is C15H20N4OS2. The minimum absolute atomic E-state index is 0.0922. The van der Waals surface area contributed by atoms with Crippen LogP contribution in [0.2, 0.25) is 0 Å². The summed E-state index contributed by atoms with van der Waals surface area (Å²) in [6.45, 7) is 2.52. The first-order chi connectivity index (χ1) is 10.5. The van der Waals surface area contributed by atoms with Crippen molar-refractivity contribution in [2.45, 2.75) is 17.8 Å². The molecule has 0 bridgehead atoms. The summed E-state index contributed by atoms with van der Waals surface area (Å²) in [5.74, 6) is 0.482. The fourth-order valence-corrected chi connectivity index (χ4v) is 3.59. The van der Waals surface area contributed by atoms with E-state index < -0.39 is 0 Å². The molecule has 0 unspecified atom stereocenters. The van der Waals surface area contributed by atoms with Gasteiger partial charge in [0.25, 0.3) is 0 Å². The summed E-state index contributed by atoms with van der Waals surface area (Å²) in [5, 5.41) is 8.88. The van der Waals surface area contributed by atoms with Crippen molar-refractivity contribution in [3.8, 4) is 0 Å². The standard InChI is InChI=1S/C15H20N4OS2/c1-11-16-17-15(22-11)21-10-14(20)19(4)9-12-5-7-13(8-6-12)18(2)3/h5-8H,9-10H2,1-4H3. The van der Waals surface area contributed by atoms with Crippen LogP contribution in [0.25, 0.3) is 0 Å². The van der Waals surface area contributed by atoms with E-state index in [0.717, 1.165) is 20.6 Å². The van der Waals surface area contributed by atoms with Gasteiger partial charge >= 0.3 is 0 Å². The van der Waals surface area contributed by atoms with Crippen LogP contribution in [0.4, 0.5) is 5.69 Å². The number of hydrogen-bond donors (Lipinski definition) is 0. The third kappa shape index (κ3) is 4.71. The topological polar surface area (TPSA) is 49.3 Å². The number of benzene rings is 1. The van der Waals surface area contributed by atoms with Gasteiger partial charge in [-0.1, -0.05) is 35.2 Å². The van der Waals surface area contributed by atoms with E-state index in [-0.39, 0.29) is 5.91 Å². The van der Waals surface area contributed by atoms with Crippen molar-refractivity contribution < 1.29 is 4.79 Å². The third-order valence-electron chi connectivity index (χ3n) is 3.12. The fourth-order valence-electron chi connectivity index (χ4n) is 1.83. The van der Waals surface area contributed by atoms with E-state index in [9.17, 15) is 4.79 Å². The number of rotatable bonds is 6. The third-order valence-corrected chi connectivity index (χ3v) is 5.08. The average molecular weight is 336 g/mol. The van der Waals surface area contributed by atoms with E-state index in [4.69, 9.17) is 0 Å². The van der Waals surface area contributed by atoms with E-state index in [1.54, 1.807) is 4.90 Å². The molecule has 0 N–H and O–H groups in total. The minimum Gasteiger partial charge on any atom is -0.378 e. The van der Waals surface area contributed by atoms with Gasteiger partial charge in [0.1, 0.15) is 5.01 Å². The summed E-state index contributed by atoms with van der Waals surface area (Å²) in [5.41, 5.74) is 2.28. The van der Waals surface area contributed by atoms with Gasteiger partial charge in [0.15, 0.2) is 4.34 Å². The van der Waals surface area contributed by atoms with Crippen LogP contribution in [0.3, 0.4) is 0 Å². The lowest BCUT2D eigenvalue weighted by Crippen LogP contribution is -2.27. The molecule has 2 aromatic rings. The molecule has 0 aliphatic heterocycles. The first kappa shape index (κ1) is 16.8. The lowest BCUT2D eigenvalue weighted by molar-refractivity contribution is -0.127. The summed E-state index contributed by atoms with van der Waals surface area (Å²) < 4.78 is 0.842. The number of amides is 1. The molecule has 0 fully saturated rings. The molecule has 118 valence electrons. The van der Waals surface area contributed by atoms with Crippen LogP contribution >= 0.6 is 23.1 Å². The molecule has 0 saturated carbocycles. The van der Waals surface area contributed by atoms with Gasteiger partial charge in [0, 0.05) is 33.4 Å². The van der Waals surface area contributed by atoms with Gasteiger partial charge in [-0.05, 0) is 24.6 Å². The number of carbonyl (C=O) groups excluding carboxylic acids is 1. The van der Waals surface area contributed by atoms with E-state index in [0.29, 0.717) is 12.3 Å². The highest BCUT2D eigenvalue weighted by Gasteiger charge is 2.11. The molecule has 0 spiro atoms. The molecule has 0 atom stereocenters. The van der Waals surface area contributed by atoms with Crippen molar-refractivity contribution in [3.05, 3.63) is 34.8 Å². The SMILES string of the molecule is Cc1nnc(SCC(=O)N(C)Cc2ccc(N(C)C)cc2)s1. The van der Waals surface area contributed by atoms with E-state index in [1.165, 1.54) is 23.1 Å². The molecule has 0 radical (unpaired) electrons. The second kappa shape index (κ2) is 7.60. The fraction of sp³-hybridized carbons (Fsp3) is 0.400. The predicted octanol–water partition coefficient (Wildman–Crippen LogP) is 2.66. The number of nitrogens with zero attached hydrogens (tertiary/aromatic N) is 4. The molecule has 7 heteroatoms. The maximum atomic E-state index is 12.2. The first-order valence-corrected chi connectivity index (χ1v) is 8.69. The molecule has 5 nitrogen and oxygen atoms in total. The van der Waals surface area contributed by atoms with Gasteiger partial charge in [-0.25, -0.2) is 0 Å². The lowest BCUT2D eigenvalue weighted by atomic mass is 10.2. The van der Waals surface area contributed by atoms with Gasteiger partial charge in [-0.2, -0.15) is 0 Å². The summed E-state index contributed by atoms with van der Waals surface area (Å²) in [6.07, 6.45) is 0. The molecular weight excluding hydrogens is 316 g/mol. The Balaban J connectivity index is 1.85. The maximum absolute atomic E-state index is 12.2. The molecule has 0 saturated heterocycles. The number of carbonyl (C=O) groups is 1. The van der Waals surface area contributed by atoms with Gasteiger partial charge in [-0.3, -0.25) is 4.79 Å². The molecule has 1 aromatic carbocycles. The Bertz CT molecular complexity index is 625. The highest BCUT2D eigenvalue weighted by Crippen LogP contribution is 2.22. The van der Waals surface area contributed by atoms with Crippen molar-refractivity contribution >= 4 is 34.7 Å². The second-order valence-electron chi connectivity index (χ2n) is 5.19. The number of aromatic nitrogens is 2. The summed E-state index contributed by atoms with van der Waals surface area (Å²) in [6, 6.07) is 8.24. The van der Waals surface area contributed by atoms with Crippen LogP contribution in [0, 0.1) is 6.92 Å². The molecule has 1 amide bonds. The monoisotopic (exact) mass is 336 g/mol. The van der Waals surface area contributed by atoms with Crippen molar-refractivity contribution in [2.24, 2.45) is 0 Å². The van der Waals surface area contributed by atoms with Crippen molar-refractivity contribution in [1.82, 2.24) is 15.1 Å². The Hall–Kier alpha value is -1.60. The van der Waals surface area contributed by atoms with Gasteiger partial charge < -0.3 is 9.80 Å². The van der Waals surface area contributed by atoms with E-state index in [2.05, 4.69) is 39.4 Å². The van der Waals surface area contributed by atoms with Crippen LogP contribution in [-0.4, -0.2) is 47.9 Å². The molecule has 0 aliphatic carbocycles. The smallest absolute Gasteiger partial charge is 0.233 e. The van der Waals surface area contributed by atoms with Crippen LogP contribution < -0.4 is 4.90 Å². The predicted molar refractivity (Wildman–Crippen MR) is 92.6 cm³/mol. The van der Waals surface area contributed by atoms with Crippen LogP contribution in [0.1, 0.15) is 10.6 Å². The largest absolute Gasteiger partial charge is 0.378 e. The highest BCUT2D eigenvalue weighted by atomic mass is 32.2. The lowest BCUT2D eigenvalue weighted by Gasteiger charge is -2.18. The van der Waals surface area contributed by atoms with Crippen LogP contribution in [-0.2, 0) is 11.3 Å². The van der Waals surface area contributed by atoms with Crippen molar-refractivity contribution in [2.75, 3.05) is 31.8 Å². The zero-order valence-electron chi connectivity index (χ0n) is 13.2. The molecule has 2 rings (SSSR count). The quantitative estimate of drug-likeness (QED) is 0.759. The molecule has 1 aromatic heterocycles. The van der Waals surface area contributed by atoms with Gasteiger partial charge in [0.05, 0.1) is 5.75 Å². The van der Waals surface area contributed by atoms with Gasteiger partial charge in [-0.15, -0.1) is 10.2 Å². The van der Waals surface area contributed by atoms with E-state index >= 15 is 0 Å². The van der Waals surface area contributed by atoms with Crippen LogP contribution in [0.5, 0.6) is 0 Å². The van der Waals surface area contributed by atoms with Crippen LogP contribution in [0.15, 0.2) is 28.6 Å². The molecule has 22 heavy (non-hydrogen) atoms. The Morgan fingerprint density at radius 2 is 1.86 bits per heavy atom. The zero-order valence-corrected chi connectivity index (χ0v) is 14.9. The summed E-state index contributed by atoms with van der Waals surface area (Å²) in [7, 11) is 5.85. The molecule has 0 aliphatic rings. The molecule has 1 heterocycles. The maximum Gasteiger partial charge on any atom is 0.233 e. The zero-order chi connectivity index (χ0) is 16.1. The Labute approximate surface area is 139 Å². The summed E-state index contributed by atoms with van der Waals surface area (Å²) >= 11 is 2.96. The Morgan fingerprint density at radius 1 is 1.18 bits per heavy atom. The number of anilines is 1.